The number of fused-ring (bicyclic) bond motifs is 1. The maximum absolute atomic E-state index is 13.4. The van der Waals surface area contributed by atoms with Gasteiger partial charge in [0.2, 0.25) is 0 Å². The number of benzene rings is 1. The van der Waals surface area contributed by atoms with E-state index in [1.54, 1.807) is 19.6 Å². The van der Waals surface area contributed by atoms with E-state index in [2.05, 4.69) is 61.9 Å². The maximum Gasteiger partial charge on any atom is 0.258 e. The van der Waals surface area contributed by atoms with E-state index in [4.69, 9.17) is 14.5 Å². The number of hydrogen-bond acceptors (Lipinski definition) is 9. The molecule has 0 unspecified atom stereocenters. The van der Waals surface area contributed by atoms with Gasteiger partial charge in [0, 0.05) is 23.6 Å². The molecule has 3 heterocycles. The number of pyridine rings is 1. The highest BCUT2D eigenvalue weighted by Gasteiger charge is 2.21. The number of hydrogen-bond donors (Lipinski definition) is 2. The van der Waals surface area contributed by atoms with E-state index in [1.165, 1.54) is 17.7 Å². The summed E-state index contributed by atoms with van der Waals surface area (Å²) < 4.78 is 12.5. The highest BCUT2D eigenvalue weighted by atomic mass is 127. The zero-order valence-corrected chi connectivity index (χ0v) is 24.4. The topological polar surface area (TPSA) is 102 Å². The molecule has 0 fully saturated rings. The number of anilines is 3. The number of thiophene rings is 1. The van der Waals surface area contributed by atoms with Gasteiger partial charge in [-0.05, 0) is 54.7 Å². The van der Waals surface area contributed by atoms with Crippen LogP contribution in [0.5, 0.6) is 11.5 Å². The summed E-state index contributed by atoms with van der Waals surface area (Å²) in [6.07, 6.45) is 1.46. The van der Waals surface area contributed by atoms with Gasteiger partial charge in [0.15, 0.2) is 5.82 Å². The predicted molar refractivity (Wildman–Crippen MR) is 157 cm³/mol. The molecule has 37 heavy (non-hydrogen) atoms. The molecule has 2 N–H and O–H groups in total. The van der Waals surface area contributed by atoms with Gasteiger partial charge in [-0.1, -0.05) is 19.9 Å². The lowest BCUT2D eigenvalue weighted by Gasteiger charge is -2.17. The average Bonchev–Trinajstić information content (AvgIpc) is 3.35. The SMILES string of the molecule is CCN(CC)Cc1cccc(Nc2ncnc3c(C(=O)Nc4c(C)c(OC)cc(OC)c4I)csc23)n1. The van der Waals surface area contributed by atoms with Crippen molar-refractivity contribution >= 4 is 67.4 Å². The fourth-order valence-corrected chi connectivity index (χ4v) is 5.79. The van der Waals surface area contributed by atoms with Crippen LogP contribution in [0.2, 0.25) is 0 Å². The molecule has 4 aromatic rings. The van der Waals surface area contributed by atoms with Gasteiger partial charge in [-0.2, -0.15) is 0 Å². The molecular formula is C26H29IN6O3S. The molecule has 0 aliphatic rings. The molecule has 0 spiro atoms. The Morgan fingerprint density at radius 1 is 1.14 bits per heavy atom. The molecule has 11 heteroatoms. The molecule has 0 saturated carbocycles. The zero-order chi connectivity index (χ0) is 26.5. The van der Waals surface area contributed by atoms with Crippen LogP contribution >= 0.6 is 33.9 Å². The van der Waals surface area contributed by atoms with Gasteiger partial charge < -0.3 is 20.1 Å². The van der Waals surface area contributed by atoms with E-state index >= 15 is 0 Å². The van der Waals surface area contributed by atoms with Gasteiger partial charge in [-0.3, -0.25) is 9.69 Å². The maximum atomic E-state index is 13.4. The summed E-state index contributed by atoms with van der Waals surface area (Å²) in [5.41, 5.74) is 3.47. The van der Waals surface area contributed by atoms with Crippen molar-refractivity contribution in [1.82, 2.24) is 19.9 Å². The van der Waals surface area contributed by atoms with E-state index in [9.17, 15) is 4.79 Å². The molecule has 0 radical (unpaired) electrons. The van der Waals surface area contributed by atoms with Crippen LogP contribution in [0.4, 0.5) is 17.3 Å². The van der Waals surface area contributed by atoms with Crippen LogP contribution in [-0.4, -0.2) is 53.1 Å². The van der Waals surface area contributed by atoms with Gasteiger partial charge in [-0.15, -0.1) is 11.3 Å². The second-order valence-corrected chi connectivity index (χ2v) is 10.2. The van der Waals surface area contributed by atoms with Gasteiger partial charge >= 0.3 is 0 Å². The van der Waals surface area contributed by atoms with Gasteiger partial charge in [-0.25, -0.2) is 15.0 Å². The van der Waals surface area contributed by atoms with Crippen molar-refractivity contribution in [2.75, 3.05) is 37.9 Å². The zero-order valence-electron chi connectivity index (χ0n) is 21.4. The minimum absolute atomic E-state index is 0.272. The monoisotopic (exact) mass is 632 g/mol. The summed E-state index contributed by atoms with van der Waals surface area (Å²) >= 11 is 3.57. The molecule has 0 saturated heterocycles. The number of halogens is 1. The standard InChI is InChI=1S/C26H29IN6O3S/c1-6-33(7-2)12-16-9-8-10-20(30-16)31-25-24-23(28-14-29-25)17(13-37-24)26(34)32-22-15(3)18(35-4)11-19(36-5)21(22)27/h8-11,13-14H,6-7,12H2,1-5H3,(H,32,34)(H,28,29,30,31). The third-order valence-electron chi connectivity index (χ3n) is 6.05. The highest BCUT2D eigenvalue weighted by molar-refractivity contribution is 14.1. The summed E-state index contributed by atoms with van der Waals surface area (Å²) in [6, 6.07) is 7.71. The number of amides is 1. The summed E-state index contributed by atoms with van der Waals surface area (Å²) in [6.45, 7) is 8.88. The Hall–Kier alpha value is -3.03. The lowest BCUT2D eigenvalue weighted by atomic mass is 10.1. The number of rotatable bonds is 10. The first-order valence-electron chi connectivity index (χ1n) is 11.8. The Morgan fingerprint density at radius 3 is 2.59 bits per heavy atom. The second kappa shape index (κ2) is 12.0. The Kier molecular flexibility index (Phi) is 8.77. The fourth-order valence-electron chi connectivity index (χ4n) is 3.93. The van der Waals surface area contributed by atoms with Crippen LogP contribution in [0.1, 0.15) is 35.5 Å². The van der Waals surface area contributed by atoms with Crippen LogP contribution in [0, 0.1) is 10.5 Å². The van der Waals surface area contributed by atoms with Crippen molar-refractivity contribution in [3.8, 4) is 11.5 Å². The molecule has 0 atom stereocenters. The molecule has 9 nitrogen and oxygen atoms in total. The van der Waals surface area contributed by atoms with E-state index in [0.29, 0.717) is 39.9 Å². The minimum atomic E-state index is -0.272. The molecule has 0 aliphatic heterocycles. The number of nitrogens with zero attached hydrogens (tertiary/aromatic N) is 4. The Bertz CT molecular complexity index is 1390. The molecule has 1 aromatic carbocycles. The van der Waals surface area contributed by atoms with E-state index in [1.807, 2.05) is 31.2 Å². The lowest BCUT2D eigenvalue weighted by molar-refractivity contribution is 0.102. The number of ether oxygens (including phenoxy) is 2. The summed E-state index contributed by atoms with van der Waals surface area (Å²) in [4.78, 5) is 29.3. The number of methoxy groups -OCH3 is 2. The summed E-state index contributed by atoms with van der Waals surface area (Å²) in [5, 5.41) is 8.14. The van der Waals surface area contributed by atoms with Crippen molar-refractivity contribution in [3.63, 3.8) is 0 Å². The summed E-state index contributed by atoms with van der Waals surface area (Å²) in [5.74, 6) is 2.28. The van der Waals surface area contributed by atoms with Gasteiger partial charge in [0.25, 0.3) is 5.91 Å². The molecule has 0 aliphatic carbocycles. The van der Waals surface area contributed by atoms with Crippen LogP contribution in [0.3, 0.4) is 0 Å². The van der Waals surface area contributed by atoms with Crippen molar-refractivity contribution in [2.45, 2.75) is 27.3 Å². The molecule has 194 valence electrons. The van der Waals surface area contributed by atoms with Crippen LogP contribution in [-0.2, 0) is 6.54 Å². The summed E-state index contributed by atoms with van der Waals surface area (Å²) in [7, 11) is 3.18. The van der Waals surface area contributed by atoms with Gasteiger partial charge in [0.05, 0.1) is 45.0 Å². The van der Waals surface area contributed by atoms with E-state index < -0.39 is 0 Å². The largest absolute Gasteiger partial charge is 0.496 e. The first kappa shape index (κ1) is 27.0. The van der Waals surface area contributed by atoms with Crippen molar-refractivity contribution in [2.24, 2.45) is 0 Å². The fraction of sp³-hybridized carbons (Fsp3) is 0.308. The Labute approximate surface area is 233 Å². The first-order chi connectivity index (χ1) is 17.9. The van der Waals surface area contributed by atoms with Crippen LogP contribution in [0.15, 0.2) is 36.0 Å². The molecule has 1 amide bonds. The lowest BCUT2D eigenvalue weighted by Crippen LogP contribution is -2.22. The number of carbonyl (C=O) groups excluding carboxylic acids is 1. The predicted octanol–water partition coefficient (Wildman–Crippen LogP) is 5.85. The third-order valence-corrected chi connectivity index (χ3v) is 8.10. The number of carbonyl (C=O) groups is 1. The Morgan fingerprint density at radius 2 is 1.89 bits per heavy atom. The van der Waals surface area contributed by atoms with Crippen LogP contribution < -0.4 is 20.1 Å². The smallest absolute Gasteiger partial charge is 0.258 e. The van der Waals surface area contributed by atoms with Crippen molar-refractivity contribution < 1.29 is 14.3 Å². The highest BCUT2D eigenvalue weighted by Crippen LogP contribution is 2.38. The van der Waals surface area contributed by atoms with Crippen LogP contribution in [0.25, 0.3) is 10.2 Å². The van der Waals surface area contributed by atoms with E-state index in [0.717, 1.165) is 39.2 Å². The van der Waals surface area contributed by atoms with Crippen molar-refractivity contribution in [1.29, 1.82) is 0 Å². The number of nitrogens with one attached hydrogen (secondary N) is 2. The molecule has 4 rings (SSSR count). The van der Waals surface area contributed by atoms with E-state index in [-0.39, 0.29) is 5.91 Å². The van der Waals surface area contributed by atoms with Gasteiger partial charge in [0.1, 0.15) is 23.6 Å². The Balaban J connectivity index is 1.62. The molecular weight excluding hydrogens is 603 g/mol. The average molecular weight is 633 g/mol. The number of aromatic nitrogens is 3. The quantitative estimate of drug-likeness (QED) is 0.210. The third kappa shape index (κ3) is 5.78. The minimum Gasteiger partial charge on any atom is -0.496 e. The second-order valence-electron chi connectivity index (χ2n) is 8.20. The normalized spacial score (nSPS) is 11.1. The first-order valence-corrected chi connectivity index (χ1v) is 13.8. The molecule has 3 aromatic heterocycles. The van der Waals surface area contributed by atoms with Crippen molar-refractivity contribution in [3.05, 3.63) is 56.4 Å². The molecule has 0 bridgehead atoms.